The van der Waals surface area contributed by atoms with E-state index in [1.165, 1.54) is 88.4 Å². The summed E-state index contributed by atoms with van der Waals surface area (Å²) in [5, 5.41) is 2.21. The van der Waals surface area contributed by atoms with Gasteiger partial charge in [-0.3, -0.25) is 19.7 Å². The van der Waals surface area contributed by atoms with Gasteiger partial charge in [0.05, 0.1) is 0 Å². The number of amides is 3. The fraction of sp³-hybridized carbons (Fsp3) is 0.864. The number of carbonyl (C=O) groups is 3. The number of nitrogens with one attached hydrogen (secondary N) is 1. The molecule has 1 heterocycles. The molecule has 1 aliphatic rings. The number of rotatable bonds is 16. The van der Waals surface area contributed by atoms with Crippen LogP contribution in [0.1, 0.15) is 110 Å². The molecule has 0 aliphatic carbocycles. The van der Waals surface area contributed by atoms with Gasteiger partial charge in [0.25, 0.3) is 0 Å². The Morgan fingerprint density at radius 2 is 1.07 bits per heavy atom. The van der Waals surface area contributed by atoms with Crippen LogP contribution in [-0.4, -0.2) is 35.7 Å². The third-order valence-electron chi connectivity index (χ3n) is 5.29. The van der Waals surface area contributed by atoms with E-state index in [-0.39, 0.29) is 30.8 Å². The standard InChI is InChI=1S/C22H40N2O3/c1-2-3-4-5-6-7-8-9-10-11-12-13-14-15-16-17-22(27)24-18-20(25)23-21(26)19-24/h2-19H2,1H3,(H,23,25,26). The van der Waals surface area contributed by atoms with Crippen LogP contribution in [0.2, 0.25) is 0 Å². The lowest BCUT2D eigenvalue weighted by Gasteiger charge is -2.25. The van der Waals surface area contributed by atoms with Crippen molar-refractivity contribution in [3.05, 3.63) is 0 Å². The molecule has 1 fully saturated rings. The van der Waals surface area contributed by atoms with Crippen molar-refractivity contribution >= 4 is 17.7 Å². The zero-order valence-corrected chi connectivity index (χ0v) is 17.4. The van der Waals surface area contributed by atoms with Gasteiger partial charge in [0.2, 0.25) is 17.7 Å². The monoisotopic (exact) mass is 380 g/mol. The van der Waals surface area contributed by atoms with Crippen LogP contribution in [0.25, 0.3) is 0 Å². The maximum absolute atomic E-state index is 12.0. The van der Waals surface area contributed by atoms with Gasteiger partial charge in [0, 0.05) is 6.42 Å². The molecule has 5 heteroatoms. The molecule has 0 aromatic rings. The number of carbonyl (C=O) groups excluding carboxylic acids is 3. The number of imide groups is 1. The number of hydrogen-bond donors (Lipinski definition) is 1. The van der Waals surface area contributed by atoms with Gasteiger partial charge in [-0.25, -0.2) is 0 Å². The maximum atomic E-state index is 12.0. The molecule has 1 N–H and O–H groups in total. The average Bonchev–Trinajstić information content (AvgIpc) is 2.64. The normalized spacial score (nSPS) is 14.5. The summed E-state index contributed by atoms with van der Waals surface area (Å²) in [7, 11) is 0. The molecule has 0 bridgehead atoms. The molecule has 0 saturated carbocycles. The molecule has 0 unspecified atom stereocenters. The van der Waals surface area contributed by atoms with E-state index in [1.54, 1.807) is 0 Å². The summed E-state index contributed by atoms with van der Waals surface area (Å²) in [5.41, 5.74) is 0. The molecule has 5 nitrogen and oxygen atoms in total. The lowest BCUT2D eigenvalue weighted by Crippen LogP contribution is -2.53. The Kier molecular flexibility index (Phi) is 13.7. The topological polar surface area (TPSA) is 66.5 Å². The van der Waals surface area contributed by atoms with Crippen LogP contribution in [0.3, 0.4) is 0 Å². The number of nitrogens with zero attached hydrogens (tertiary/aromatic N) is 1. The molecule has 1 saturated heterocycles. The summed E-state index contributed by atoms with van der Waals surface area (Å²) >= 11 is 0. The van der Waals surface area contributed by atoms with Crippen LogP contribution in [0.15, 0.2) is 0 Å². The SMILES string of the molecule is CCCCCCCCCCCCCCCCCC(=O)N1CC(=O)NC(=O)C1. The summed E-state index contributed by atoms with van der Waals surface area (Å²) in [6.45, 7) is 2.30. The molecule has 1 aliphatic heterocycles. The highest BCUT2D eigenvalue weighted by Gasteiger charge is 2.25. The van der Waals surface area contributed by atoms with E-state index in [1.807, 2.05) is 0 Å². The van der Waals surface area contributed by atoms with Crippen LogP contribution >= 0.6 is 0 Å². The molecular formula is C22H40N2O3. The van der Waals surface area contributed by atoms with Gasteiger partial charge in [0.15, 0.2) is 0 Å². The summed E-state index contributed by atoms with van der Waals surface area (Å²) in [5.74, 6) is -0.833. The molecule has 1 rings (SSSR count). The summed E-state index contributed by atoms with van der Waals surface area (Å²) in [6.07, 6.45) is 19.9. The van der Waals surface area contributed by atoms with Crippen molar-refractivity contribution in [3.8, 4) is 0 Å². The second kappa shape index (κ2) is 15.6. The lowest BCUT2D eigenvalue weighted by atomic mass is 10.0. The zero-order valence-electron chi connectivity index (χ0n) is 17.4. The van der Waals surface area contributed by atoms with Crippen LogP contribution in [-0.2, 0) is 14.4 Å². The second-order valence-electron chi connectivity index (χ2n) is 7.92. The quantitative estimate of drug-likeness (QED) is 0.311. The van der Waals surface area contributed by atoms with Crippen LogP contribution in [0.5, 0.6) is 0 Å². The molecule has 0 aromatic heterocycles. The van der Waals surface area contributed by atoms with Gasteiger partial charge in [-0.2, -0.15) is 0 Å². The average molecular weight is 381 g/mol. The predicted molar refractivity (Wildman–Crippen MR) is 109 cm³/mol. The fourth-order valence-corrected chi connectivity index (χ4v) is 3.62. The molecular weight excluding hydrogens is 340 g/mol. The van der Waals surface area contributed by atoms with Crippen molar-refractivity contribution in [2.45, 2.75) is 110 Å². The first kappa shape index (κ1) is 23.6. The minimum atomic E-state index is -0.379. The highest BCUT2D eigenvalue weighted by molar-refractivity contribution is 6.02. The number of unbranched alkanes of at least 4 members (excludes halogenated alkanes) is 14. The van der Waals surface area contributed by atoms with Crippen LogP contribution in [0.4, 0.5) is 0 Å². The molecule has 3 amide bonds. The third kappa shape index (κ3) is 12.6. The second-order valence-corrected chi connectivity index (χ2v) is 7.92. The summed E-state index contributed by atoms with van der Waals surface area (Å²) in [6, 6.07) is 0. The zero-order chi connectivity index (χ0) is 19.7. The Morgan fingerprint density at radius 1 is 0.704 bits per heavy atom. The van der Waals surface area contributed by atoms with Crippen LogP contribution < -0.4 is 5.32 Å². The molecule has 0 spiro atoms. The Hall–Kier alpha value is -1.39. The minimum absolute atomic E-state index is 0.0172. The maximum Gasteiger partial charge on any atom is 0.246 e. The van der Waals surface area contributed by atoms with E-state index in [4.69, 9.17) is 0 Å². The van der Waals surface area contributed by atoms with E-state index in [9.17, 15) is 14.4 Å². The summed E-state index contributed by atoms with van der Waals surface area (Å²) < 4.78 is 0. The Morgan fingerprint density at radius 3 is 1.48 bits per heavy atom. The first-order valence-electron chi connectivity index (χ1n) is 11.2. The van der Waals surface area contributed by atoms with Crippen molar-refractivity contribution in [2.75, 3.05) is 13.1 Å². The van der Waals surface area contributed by atoms with Crippen LogP contribution in [0, 0.1) is 0 Å². The first-order valence-corrected chi connectivity index (χ1v) is 11.2. The van der Waals surface area contributed by atoms with E-state index in [0.29, 0.717) is 6.42 Å². The number of hydrogen-bond acceptors (Lipinski definition) is 3. The molecule has 0 aromatic carbocycles. The Labute approximate surface area is 165 Å². The third-order valence-corrected chi connectivity index (χ3v) is 5.29. The van der Waals surface area contributed by atoms with Crippen molar-refractivity contribution in [2.24, 2.45) is 0 Å². The van der Waals surface area contributed by atoms with Crippen molar-refractivity contribution in [1.82, 2.24) is 10.2 Å². The minimum Gasteiger partial charge on any atom is -0.324 e. The van der Waals surface area contributed by atoms with E-state index < -0.39 is 0 Å². The molecule has 0 atom stereocenters. The van der Waals surface area contributed by atoms with E-state index >= 15 is 0 Å². The van der Waals surface area contributed by atoms with Crippen molar-refractivity contribution in [1.29, 1.82) is 0 Å². The molecule has 0 radical (unpaired) electrons. The van der Waals surface area contributed by atoms with E-state index in [2.05, 4.69) is 12.2 Å². The highest BCUT2D eigenvalue weighted by atomic mass is 16.2. The van der Waals surface area contributed by atoms with Gasteiger partial charge in [-0.05, 0) is 6.42 Å². The van der Waals surface area contributed by atoms with Crippen molar-refractivity contribution in [3.63, 3.8) is 0 Å². The van der Waals surface area contributed by atoms with Gasteiger partial charge < -0.3 is 4.90 Å². The largest absolute Gasteiger partial charge is 0.324 e. The molecule has 27 heavy (non-hydrogen) atoms. The first-order chi connectivity index (χ1) is 13.1. The van der Waals surface area contributed by atoms with Gasteiger partial charge >= 0.3 is 0 Å². The molecule has 156 valence electrons. The smallest absolute Gasteiger partial charge is 0.246 e. The Balaban J connectivity index is 1.83. The summed E-state index contributed by atoms with van der Waals surface area (Å²) in [4.78, 5) is 35.9. The predicted octanol–water partition coefficient (Wildman–Crippen LogP) is 4.73. The van der Waals surface area contributed by atoms with Crippen molar-refractivity contribution < 1.29 is 14.4 Å². The fourth-order valence-electron chi connectivity index (χ4n) is 3.62. The lowest BCUT2D eigenvalue weighted by molar-refractivity contribution is -0.145. The van der Waals surface area contributed by atoms with Gasteiger partial charge in [-0.15, -0.1) is 0 Å². The van der Waals surface area contributed by atoms with Gasteiger partial charge in [-0.1, -0.05) is 96.8 Å². The number of piperazine rings is 1. The van der Waals surface area contributed by atoms with E-state index in [0.717, 1.165) is 12.8 Å². The van der Waals surface area contributed by atoms with Gasteiger partial charge in [0.1, 0.15) is 13.1 Å². The highest BCUT2D eigenvalue weighted by Crippen LogP contribution is 2.14. The Bertz CT molecular complexity index is 421.